The molecule has 114 valence electrons. The van der Waals surface area contributed by atoms with Gasteiger partial charge in [-0.15, -0.1) is 0 Å². The second kappa shape index (κ2) is 9.21. The molecule has 0 amide bonds. The first-order valence-electron chi connectivity index (χ1n) is 7.07. The molecule has 0 bridgehead atoms. The Balaban J connectivity index is 2.73. The van der Waals surface area contributed by atoms with Crippen LogP contribution < -0.4 is 15.2 Å². The maximum atomic E-state index is 5.88. The standard InChI is InChI=1S/C15H25BrN2O2/c1-4-18(5-2)8-9-20-15-13(16)10-12(6-7-17)11-14(15)19-3/h10-11H,4-9,17H2,1-3H3. The van der Waals surface area contributed by atoms with E-state index in [2.05, 4.69) is 34.7 Å². The van der Waals surface area contributed by atoms with Crippen LogP contribution in [0.2, 0.25) is 0 Å². The minimum Gasteiger partial charge on any atom is -0.493 e. The maximum Gasteiger partial charge on any atom is 0.175 e. The molecule has 0 radical (unpaired) electrons. The van der Waals surface area contributed by atoms with E-state index < -0.39 is 0 Å². The molecule has 20 heavy (non-hydrogen) atoms. The van der Waals surface area contributed by atoms with Gasteiger partial charge >= 0.3 is 0 Å². The average Bonchev–Trinajstić information content (AvgIpc) is 2.45. The zero-order chi connectivity index (χ0) is 15.0. The van der Waals surface area contributed by atoms with E-state index in [1.54, 1.807) is 7.11 Å². The van der Waals surface area contributed by atoms with Crippen molar-refractivity contribution in [2.45, 2.75) is 20.3 Å². The second-order valence-corrected chi connectivity index (χ2v) is 5.38. The molecule has 0 unspecified atom stereocenters. The van der Waals surface area contributed by atoms with Gasteiger partial charge in [0.25, 0.3) is 0 Å². The van der Waals surface area contributed by atoms with Gasteiger partial charge in [0, 0.05) is 6.54 Å². The summed E-state index contributed by atoms with van der Waals surface area (Å²) in [5, 5.41) is 0. The molecule has 0 atom stereocenters. The van der Waals surface area contributed by atoms with Gasteiger partial charge in [-0.3, -0.25) is 0 Å². The molecular formula is C15H25BrN2O2. The smallest absolute Gasteiger partial charge is 0.175 e. The van der Waals surface area contributed by atoms with Crippen LogP contribution in [0.15, 0.2) is 16.6 Å². The molecule has 0 aliphatic carbocycles. The first-order valence-corrected chi connectivity index (χ1v) is 7.87. The van der Waals surface area contributed by atoms with E-state index in [1.165, 1.54) is 0 Å². The van der Waals surface area contributed by atoms with Gasteiger partial charge < -0.3 is 20.1 Å². The van der Waals surface area contributed by atoms with Gasteiger partial charge in [0.15, 0.2) is 11.5 Å². The fourth-order valence-corrected chi connectivity index (χ4v) is 2.64. The van der Waals surface area contributed by atoms with Gasteiger partial charge in [0.05, 0.1) is 11.6 Å². The molecule has 1 aromatic rings. The number of nitrogens with two attached hydrogens (primary N) is 1. The molecule has 0 aliphatic heterocycles. The minimum absolute atomic E-state index is 0.623. The van der Waals surface area contributed by atoms with Crippen LogP contribution in [-0.4, -0.2) is 44.8 Å². The lowest BCUT2D eigenvalue weighted by Crippen LogP contribution is -2.28. The molecule has 5 heteroatoms. The van der Waals surface area contributed by atoms with Gasteiger partial charge in [-0.1, -0.05) is 13.8 Å². The van der Waals surface area contributed by atoms with E-state index in [0.717, 1.165) is 47.6 Å². The van der Waals surface area contributed by atoms with Crippen LogP contribution in [0.1, 0.15) is 19.4 Å². The fraction of sp³-hybridized carbons (Fsp3) is 0.600. The number of nitrogens with zero attached hydrogens (tertiary/aromatic N) is 1. The fourth-order valence-electron chi connectivity index (χ4n) is 2.04. The molecule has 0 fully saturated rings. The third-order valence-corrected chi connectivity index (χ3v) is 3.86. The molecule has 4 nitrogen and oxygen atoms in total. The predicted octanol–water partition coefficient (Wildman–Crippen LogP) is 2.68. The van der Waals surface area contributed by atoms with Crippen molar-refractivity contribution in [3.8, 4) is 11.5 Å². The van der Waals surface area contributed by atoms with Crippen LogP contribution in [0.25, 0.3) is 0 Å². The zero-order valence-electron chi connectivity index (χ0n) is 12.6. The Hall–Kier alpha value is -0.780. The lowest BCUT2D eigenvalue weighted by molar-refractivity contribution is 0.216. The summed E-state index contributed by atoms with van der Waals surface area (Å²) >= 11 is 3.55. The van der Waals surface area contributed by atoms with Crippen molar-refractivity contribution in [1.82, 2.24) is 4.90 Å². The van der Waals surface area contributed by atoms with Crippen molar-refractivity contribution in [1.29, 1.82) is 0 Å². The number of rotatable bonds is 9. The van der Waals surface area contributed by atoms with Gasteiger partial charge in [0.1, 0.15) is 6.61 Å². The molecule has 1 rings (SSSR count). The number of halogens is 1. The van der Waals surface area contributed by atoms with Gasteiger partial charge in [0.2, 0.25) is 0 Å². The summed E-state index contributed by atoms with van der Waals surface area (Å²) in [6.45, 7) is 8.56. The van der Waals surface area contributed by atoms with E-state index >= 15 is 0 Å². The number of likely N-dealkylation sites (N-methyl/N-ethyl adjacent to an activating group) is 1. The summed E-state index contributed by atoms with van der Waals surface area (Å²) in [5.41, 5.74) is 6.74. The quantitative estimate of drug-likeness (QED) is 0.748. The average molecular weight is 345 g/mol. The molecule has 0 aliphatic rings. The molecular weight excluding hydrogens is 320 g/mol. The van der Waals surface area contributed by atoms with E-state index in [0.29, 0.717) is 13.2 Å². The maximum absolute atomic E-state index is 5.88. The molecule has 0 heterocycles. The first-order chi connectivity index (χ1) is 9.65. The highest BCUT2D eigenvalue weighted by molar-refractivity contribution is 9.10. The van der Waals surface area contributed by atoms with E-state index in [4.69, 9.17) is 15.2 Å². The Kier molecular flexibility index (Phi) is 7.95. The van der Waals surface area contributed by atoms with E-state index in [9.17, 15) is 0 Å². The van der Waals surface area contributed by atoms with Crippen molar-refractivity contribution in [2.24, 2.45) is 5.73 Å². The molecule has 0 saturated carbocycles. The molecule has 2 N–H and O–H groups in total. The monoisotopic (exact) mass is 344 g/mol. The highest BCUT2D eigenvalue weighted by Gasteiger charge is 2.12. The van der Waals surface area contributed by atoms with Crippen molar-refractivity contribution >= 4 is 15.9 Å². The summed E-state index contributed by atoms with van der Waals surface area (Å²) in [7, 11) is 1.66. The summed E-state index contributed by atoms with van der Waals surface area (Å²) in [5.74, 6) is 1.52. The molecule has 1 aromatic carbocycles. The van der Waals surface area contributed by atoms with Crippen LogP contribution in [0.3, 0.4) is 0 Å². The summed E-state index contributed by atoms with van der Waals surface area (Å²) < 4.78 is 12.2. The first kappa shape index (κ1) is 17.3. The number of hydrogen-bond donors (Lipinski definition) is 1. The Labute approximate surface area is 130 Å². The zero-order valence-corrected chi connectivity index (χ0v) is 14.2. The minimum atomic E-state index is 0.623. The highest BCUT2D eigenvalue weighted by atomic mass is 79.9. The Morgan fingerprint density at radius 2 is 1.95 bits per heavy atom. The molecule has 0 aromatic heterocycles. The lowest BCUT2D eigenvalue weighted by Gasteiger charge is -2.19. The van der Waals surface area contributed by atoms with Crippen LogP contribution in [0, 0.1) is 0 Å². The highest BCUT2D eigenvalue weighted by Crippen LogP contribution is 2.36. The Morgan fingerprint density at radius 1 is 1.25 bits per heavy atom. The number of ether oxygens (including phenoxy) is 2. The van der Waals surface area contributed by atoms with E-state index in [-0.39, 0.29) is 0 Å². The van der Waals surface area contributed by atoms with Crippen LogP contribution in [0.5, 0.6) is 11.5 Å². The largest absolute Gasteiger partial charge is 0.493 e. The van der Waals surface area contributed by atoms with Crippen molar-refractivity contribution < 1.29 is 9.47 Å². The van der Waals surface area contributed by atoms with Crippen LogP contribution in [0.4, 0.5) is 0 Å². The normalized spacial score (nSPS) is 10.9. The number of hydrogen-bond acceptors (Lipinski definition) is 4. The molecule has 0 spiro atoms. The van der Waals surface area contributed by atoms with Crippen molar-refractivity contribution in [2.75, 3.05) is 39.9 Å². The third-order valence-electron chi connectivity index (χ3n) is 3.27. The third kappa shape index (κ3) is 4.96. The SMILES string of the molecule is CCN(CC)CCOc1c(Br)cc(CCN)cc1OC. The van der Waals surface area contributed by atoms with Crippen molar-refractivity contribution in [3.05, 3.63) is 22.2 Å². The van der Waals surface area contributed by atoms with Crippen molar-refractivity contribution in [3.63, 3.8) is 0 Å². The molecule has 0 saturated heterocycles. The van der Waals surface area contributed by atoms with E-state index in [1.807, 2.05) is 12.1 Å². The van der Waals surface area contributed by atoms with Crippen LogP contribution >= 0.6 is 15.9 Å². The Morgan fingerprint density at radius 3 is 2.50 bits per heavy atom. The Bertz CT molecular complexity index is 409. The summed E-state index contributed by atoms with van der Waals surface area (Å²) in [4.78, 5) is 2.32. The summed E-state index contributed by atoms with van der Waals surface area (Å²) in [6.07, 6.45) is 0.828. The topological polar surface area (TPSA) is 47.7 Å². The second-order valence-electron chi connectivity index (χ2n) is 4.52. The van der Waals surface area contributed by atoms with Gasteiger partial charge in [-0.25, -0.2) is 0 Å². The summed E-state index contributed by atoms with van der Waals surface area (Å²) in [6, 6.07) is 4.03. The number of benzene rings is 1. The predicted molar refractivity (Wildman–Crippen MR) is 86.7 cm³/mol. The van der Waals surface area contributed by atoms with Gasteiger partial charge in [-0.2, -0.15) is 0 Å². The lowest BCUT2D eigenvalue weighted by atomic mass is 10.1. The van der Waals surface area contributed by atoms with Crippen LogP contribution in [-0.2, 0) is 6.42 Å². The number of methoxy groups -OCH3 is 1. The van der Waals surface area contributed by atoms with Gasteiger partial charge in [-0.05, 0) is 59.7 Å².